The van der Waals surface area contributed by atoms with Gasteiger partial charge < -0.3 is 14.8 Å². The van der Waals surface area contributed by atoms with Gasteiger partial charge in [-0.2, -0.15) is 0 Å². The third kappa shape index (κ3) is 4.37. The van der Waals surface area contributed by atoms with Crippen molar-refractivity contribution in [2.24, 2.45) is 0 Å². The molecule has 0 bridgehead atoms. The first-order valence-electron chi connectivity index (χ1n) is 4.87. The molecular weight excluding hydrogens is 234 g/mol. The highest BCUT2D eigenvalue weighted by Crippen LogP contribution is 2.21. The van der Waals surface area contributed by atoms with Gasteiger partial charge in [0.25, 0.3) is 0 Å². The SMILES string of the molecule is CC(=O)N[C@@H]1[CH][CH][C@H](COC(C)=O)OC1Cl. The van der Waals surface area contributed by atoms with Gasteiger partial charge in [-0.25, -0.2) is 0 Å². The highest BCUT2D eigenvalue weighted by atomic mass is 35.5. The summed E-state index contributed by atoms with van der Waals surface area (Å²) in [6.07, 6.45) is 3.08. The van der Waals surface area contributed by atoms with Crippen molar-refractivity contribution in [3.63, 3.8) is 0 Å². The lowest BCUT2D eigenvalue weighted by molar-refractivity contribution is -0.145. The molecular formula is C10H14ClNO4. The Morgan fingerprint density at radius 1 is 1.44 bits per heavy atom. The number of ether oxygens (including phenoxy) is 2. The van der Waals surface area contributed by atoms with Gasteiger partial charge in [0, 0.05) is 13.8 Å². The molecule has 1 aliphatic heterocycles. The Morgan fingerprint density at radius 2 is 2.12 bits per heavy atom. The fourth-order valence-electron chi connectivity index (χ4n) is 1.27. The summed E-state index contributed by atoms with van der Waals surface area (Å²) in [6.45, 7) is 2.86. The summed E-state index contributed by atoms with van der Waals surface area (Å²) >= 11 is 5.91. The van der Waals surface area contributed by atoms with Gasteiger partial charge in [0.1, 0.15) is 6.61 Å². The van der Waals surface area contributed by atoms with E-state index in [9.17, 15) is 9.59 Å². The number of nitrogens with one attached hydrogen (secondary N) is 1. The van der Waals surface area contributed by atoms with E-state index in [2.05, 4.69) is 5.32 Å². The van der Waals surface area contributed by atoms with E-state index in [1.807, 2.05) is 0 Å². The Hall–Kier alpha value is -0.810. The van der Waals surface area contributed by atoms with E-state index in [4.69, 9.17) is 21.1 Å². The van der Waals surface area contributed by atoms with Crippen LogP contribution in [0.3, 0.4) is 0 Å². The quantitative estimate of drug-likeness (QED) is 0.580. The fourth-order valence-corrected chi connectivity index (χ4v) is 1.55. The van der Waals surface area contributed by atoms with Crippen LogP contribution < -0.4 is 5.32 Å². The second-order valence-electron chi connectivity index (χ2n) is 3.44. The molecule has 1 rings (SSSR count). The van der Waals surface area contributed by atoms with E-state index in [0.717, 1.165) is 0 Å². The first-order valence-corrected chi connectivity index (χ1v) is 5.31. The number of amides is 1. The number of halogens is 1. The molecule has 1 amide bonds. The van der Waals surface area contributed by atoms with Gasteiger partial charge in [0.2, 0.25) is 5.91 Å². The maximum Gasteiger partial charge on any atom is 0.302 e. The normalized spacial score (nSPS) is 29.6. The first-order chi connectivity index (χ1) is 7.49. The molecule has 0 aliphatic carbocycles. The number of carbonyl (C=O) groups excluding carboxylic acids is 2. The highest BCUT2D eigenvalue weighted by molar-refractivity contribution is 6.20. The van der Waals surface area contributed by atoms with Crippen molar-refractivity contribution in [1.82, 2.24) is 5.32 Å². The second-order valence-corrected chi connectivity index (χ2v) is 3.87. The van der Waals surface area contributed by atoms with Gasteiger partial charge in [-0.05, 0) is 12.8 Å². The largest absolute Gasteiger partial charge is 0.463 e. The molecule has 0 aromatic rings. The molecule has 3 atom stereocenters. The summed E-state index contributed by atoms with van der Waals surface area (Å²) in [5.41, 5.74) is -0.658. The van der Waals surface area contributed by atoms with Crippen LogP contribution in [-0.2, 0) is 19.1 Å². The molecule has 1 saturated heterocycles. The number of alkyl halides is 1. The van der Waals surface area contributed by atoms with E-state index >= 15 is 0 Å². The molecule has 0 spiro atoms. The summed E-state index contributed by atoms with van der Waals surface area (Å²) < 4.78 is 10.1. The first kappa shape index (κ1) is 13.3. The lowest BCUT2D eigenvalue weighted by Gasteiger charge is -2.32. The van der Waals surface area contributed by atoms with Crippen molar-refractivity contribution in [1.29, 1.82) is 0 Å². The Balaban J connectivity index is 2.33. The number of esters is 1. The van der Waals surface area contributed by atoms with Crippen molar-refractivity contribution in [3.8, 4) is 0 Å². The van der Waals surface area contributed by atoms with E-state index in [0.29, 0.717) is 0 Å². The summed E-state index contributed by atoms with van der Waals surface area (Å²) in [4.78, 5) is 21.4. The zero-order valence-electron chi connectivity index (χ0n) is 9.10. The van der Waals surface area contributed by atoms with Crippen LogP contribution in [0.4, 0.5) is 0 Å². The molecule has 16 heavy (non-hydrogen) atoms. The summed E-state index contributed by atoms with van der Waals surface area (Å²) in [6, 6.07) is -0.354. The van der Waals surface area contributed by atoms with Gasteiger partial charge in [-0.1, -0.05) is 11.6 Å². The van der Waals surface area contributed by atoms with E-state index in [1.165, 1.54) is 13.8 Å². The number of hydrogen-bond donors (Lipinski definition) is 1. The standard InChI is InChI=1S/C10H14ClNO4/c1-6(13)12-9-4-3-8(16-10(9)11)5-15-7(2)14/h3-4,8-10H,5H2,1-2H3,(H,12,13)/t8-,9-,10?/m1/s1. The minimum Gasteiger partial charge on any atom is -0.463 e. The van der Waals surface area contributed by atoms with Crippen molar-refractivity contribution >= 4 is 23.5 Å². The monoisotopic (exact) mass is 247 g/mol. The molecule has 1 unspecified atom stereocenters. The maximum absolute atomic E-state index is 10.8. The molecule has 2 radical (unpaired) electrons. The minimum atomic E-state index is -0.658. The lowest BCUT2D eigenvalue weighted by atomic mass is 10.1. The Morgan fingerprint density at radius 3 is 2.62 bits per heavy atom. The molecule has 0 aromatic heterocycles. The number of rotatable bonds is 3. The number of hydrogen-bond acceptors (Lipinski definition) is 4. The van der Waals surface area contributed by atoms with Crippen molar-refractivity contribution in [2.75, 3.05) is 6.61 Å². The Kier molecular flexibility index (Phi) is 5.02. The predicted molar refractivity (Wildman–Crippen MR) is 57.4 cm³/mol. The van der Waals surface area contributed by atoms with Gasteiger partial charge in [-0.15, -0.1) is 0 Å². The van der Waals surface area contributed by atoms with E-state index < -0.39 is 5.56 Å². The topological polar surface area (TPSA) is 64.6 Å². The third-order valence-electron chi connectivity index (χ3n) is 1.94. The molecule has 6 heteroatoms. The summed E-state index contributed by atoms with van der Waals surface area (Å²) in [5.74, 6) is -0.547. The van der Waals surface area contributed by atoms with Crippen molar-refractivity contribution in [2.45, 2.75) is 31.6 Å². The van der Waals surface area contributed by atoms with Crippen LogP contribution in [0.15, 0.2) is 0 Å². The third-order valence-corrected chi connectivity index (χ3v) is 2.32. The summed E-state index contributed by atoms with van der Waals surface area (Å²) in [5, 5.41) is 2.63. The van der Waals surface area contributed by atoms with Crippen LogP contribution >= 0.6 is 11.6 Å². The summed E-state index contributed by atoms with van der Waals surface area (Å²) in [7, 11) is 0. The maximum atomic E-state index is 10.8. The van der Waals surface area contributed by atoms with E-state index in [1.54, 1.807) is 12.8 Å². The van der Waals surface area contributed by atoms with Gasteiger partial charge in [0.05, 0.1) is 12.1 Å². The van der Waals surface area contributed by atoms with Gasteiger partial charge in [0.15, 0.2) is 5.56 Å². The predicted octanol–water partition coefficient (Wildman–Crippen LogP) is 0.426. The Bertz CT molecular complexity index is 272. The molecule has 5 nitrogen and oxygen atoms in total. The van der Waals surface area contributed by atoms with Crippen molar-refractivity contribution < 1.29 is 19.1 Å². The second kappa shape index (κ2) is 6.06. The number of carbonyl (C=O) groups is 2. The zero-order valence-corrected chi connectivity index (χ0v) is 9.86. The van der Waals surface area contributed by atoms with Gasteiger partial charge in [-0.3, -0.25) is 9.59 Å². The molecule has 1 heterocycles. The van der Waals surface area contributed by atoms with Crippen LogP contribution in [0.5, 0.6) is 0 Å². The van der Waals surface area contributed by atoms with Crippen LogP contribution in [-0.4, -0.2) is 36.2 Å². The molecule has 0 saturated carbocycles. The fraction of sp³-hybridized carbons (Fsp3) is 0.600. The Labute approximate surface area is 99.4 Å². The minimum absolute atomic E-state index is 0.127. The van der Waals surface area contributed by atoms with Crippen LogP contribution in [0.2, 0.25) is 0 Å². The lowest BCUT2D eigenvalue weighted by Crippen LogP contribution is -2.48. The van der Waals surface area contributed by atoms with E-state index in [-0.39, 0.29) is 30.6 Å². The molecule has 1 N–H and O–H groups in total. The zero-order chi connectivity index (χ0) is 12.1. The van der Waals surface area contributed by atoms with Crippen LogP contribution in [0.1, 0.15) is 13.8 Å². The van der Waals surface area contributed by atoms with Gasteiger partial charge >= 0.3 is 5.97 Å². The molecule has 1 aliphatic rings. The van der Waals surface area contributed by atoms with Crippen LogP contribution in [0, 0.1) is 12.8 Å². The smallest absolute Gasteiger partial charge is 0.302 e. The average Bonchev–Trinajstić information content (AvgIpc) is 2.18. The highest BCUT2D eigenvalue weighted by Gasteiger charge is 2.31. The molecule has 0 aromatic carbocycles. The van der Waals surface area contributed by atoms with Crippen LogP contribution in [0.25, 0.3) is 0 Å². The average molecular weight is 248 g/mol. The molecule has 90 valence electrons. The van der Waals surface area contributed by atoms with Crippen molar-refractivity contribution in [3.05, 3.63) is 12.8 Å². The molecule has 1 fully saturated rings.